The zero-order chi connectivity index (χ0) is 29.2. The van der Waals surface area contributed by atoms with E-state index >= 15 is 0 Å². The van der Waals surface area contributed by atoms with Crippen LogP contribution in [0.15, 0.2) is 12.2 Å². The van der Waals surface area contributed by atoms with Gasteiger partial charge in [0.05, 0.1) is 35.9 Å². The highest BCUT2D eigenvalue weighted by Crippen LogP contribution is 2.41. The summed E-state index contributed by atoms with van der Waals surface area (Å²) in [6.07, 6.45) is 3.70. The lowest BCUT2D eigenvalue weighted by Crippen LogP contribution is -2.53. The van der Waals surface area contributed by atoms with Crippen molar-refractivity contribution < 1.29 is 28.8 Å². The van der Waals surface area contributed by atoms with Gasteiger partial charge in [-0.2, -0.15) is 0 Å². The predicted octanol–water partition coefficient (Wildman–Crippen LogP) is 5.59. The number of aliphatic hydroxyl groups is 1. The van der Waals surface area contributed by atoms with E-state index in [1.807, 2.05) is 13.8 Å². The van der Waals surface area contributed by atoms with Crippen molar-refractivity contribution in [1.29, 1.82) is 0 Å². The van der Waals surface area contributed by atoms with Crippen molar-refractivity contribution in [2.45, 2.75) is 142 Å². The first kappa shape index (κ1) is 32.5. The molecule has 0 aromatic rings. The molecule has 4 aliphatic heterocycles. The number of esters is 1. The van der Waals surface area contributed by atoms with Crippen LogP contribution in [0.25, 0.3) is 0 Å². The van der Waals surface area contributed by atoms with Crippen LogP contribution in [0.2, 0.25) is 0 Å². The molecule has 4 saturated heterocycles. The fourth-order valence-electron chi connectivity index (χ4n) is 7.11. The maximum atomic E-state index is 13.1. The summed E-state index contributed by atoms with van der Waals surface area (Å²) in [5, 5.41) is 11.4. The minimum absolute atomic E-state index is 0.0128. The van der Waals surface area contributed by atoms with Crippen LogP contribution in [0.5, 0.6) is 0 Å². The Morgan fingerprint density at radius 1 is 1.00 bits per heavy atom. The van der Waals surface area contributed by atoms with Gasteiger partial charge in [-0.15, -0.1) is 0 Å². The molecule has 226 valence electrons. The van der Waals surface area contributed by atoms with Crippen LogP contribution in [-0.4, -0.2) is 78.5 Å². The second-order valence-corrected chi connectivity index (χ2v) is 13.6. The van der Waals surface area contributed by atoms with Crippen LogP contribution in [0, 0.1) is 29.6 Å². The summed E-state index contributed by atoms with van der Waals surface area (Å²) in [6, 6.07) is 0.422. The molecule has 0 saturated carbocycles. The zero-order valence-corrected chi connectivity index (χ0v) is 26.3. The summed E-state index contributed by atoms with van der Waals surface area (Å²) in [6.45, 7) is 21.0. The number of allylic oxidation sites excluding steroid dienone is 1. The van der Waals surface area contributed by atoms with Crippen molar-refractivity contribution in [3.63, 3.8) is 0 Å². The second kappa shape index (κ2) is 13.3. The molecule has 2 unspecified atom stereocenters. The van der Waals surface area contributed by atoms with E-state index in [2.05, 4.69) is 60.2 Å². The summed E-state index contributed by atoms with van der Waals surface area (Å²) < 4.78 is 25.4. The first-order chi connectivity index (χ1) is 18.1. The van der Waals surface area contributed by atoms with Crippen LogP contribution < -0.4 is 0 Å². The molecule has 0 amide bonds. The number of carbonyl (C=O) groups is 1. The lowest BCUT2D eigenvalue weighted by atomic mass is 9.75. The monoisotopic (exact) mass is 551 g/mol. The topological polar surface area (TPSA) is 77.5 Å². The molecule has 1 N–H and O–H groups in total. The molecule has 7 heteroatoms. The van der Waals surface area contributed by atoms with Gasteiger partial charge in [0.1, 0.15) is 6.10 Å². The fourth-order valence-corrected chi connectivity index (χ4v) is 7.11. The molecule has 4 fully saturated rings. The third-order valence-electron chi connectivity index (χ3n) is 9.93. The quantitative estimate of drug-likeness (QED) is 0.361. The van der Waals surface area contributed by atoms with Crippen molar-refractivity contribution >= 4 is 5.97 Å². The Morgan fingerprint density at radius 2 is 1.64 bits per heavy atom. The number of rotatable bonds is 4. The smallest absolute Gasteiger partial charge is 0.311 e. The molecule has 4 heterocycles. The van der Waals surface area contributed by atoms with Gasteiger partial charge >= 0.3 is 5.97 Å². The standard InChI is InChI=1S/C32H57NO6/c1-12-28-32(9,35)17-20(4)22(6)18(2)13-19(3)30(39-29-15-25(33(10)11)14-21(5)36-29)23(7)26-16-27(37-26)24(8)31(34)38-28/h18-21,23-30,35H,6,12-17H2,1-5,7-11H3/t18-,19+,20-,21-,23+,24-,25+,26?,27?,28-,29+,30+,32+/m1/s1. The van der Waals surface area contributed by atoms with Crippen molar-refractivity contribution in [1.82, 2.24) is 4.90 Å². The molecular formula is C32H57NO6. The lowest BCUT2D eigenvalue weighted by molar-refractivity contribution is -0.258. The summed E-state index contributed by atoms with van der Waals surface area (Å²) in [7, 11) is 4.25. The lowest BCUT2D eigenvalue weighted by Gasteiger charge is -2.47. The van der Waals surface area contributed by atoms with Crippen LogP contribution in [0.1, 0.15) is 93.9 Å². The Bertz CT molecular complexity index is 823. The summed E-state index contributed by atoms with van der Waals surface area (Å²) in [5.74, 6) is 0.0320. The van der Waals surface area contributed by atoms with Crippen molar-refractivity contribution in [3.8, 4) is 0 Å². The van der Waals surface area contributed by atoms with Gasteiger partial charge < -0.3 is 29.0 Å². The molecule has 0 spiro atoms. The first-order valence-electron chi connectivity index (χ1n) is 15.4. The van der Waals surface area contributed by atoms with E-state index in [1.54, 1.807) is 6.92 Å². The minimum Gasteiger partial charge on any atom is -0.459 e. The number of carbonyl (C=O) groups excluding carboxylic acids is 1. The Labute approximate surface area is 238 Å². The Morgan fingerprint density at radius 3 is 2.23 bits per heavy atom. The Balaban J connectivity index is 1.85. The van der Waals surface area contributed by atoms with Crippen molar-refractivity contribution in [2.75, 3.05) is 14.1 Å². The molecule has 4 aliphatic rings. The van der Waals surface area contributed by atoms with E-state index in [0.717, 1.165) is 31.3 Å². The highest BCUT2D eigenvalue weighted by Gasteiger charge is 2.46. The molecule has 4 rings (SSSR count). The fraction of sp³-hybridized carbons (Fsp3) is 0.906. The second-order valence-electron chi connectivity index (χ2n) is 13.6. The molecule has 0 aromatic carbocycles. The van der Waals surface area contributed by atoms with Crippen molar-refractivity contribution in [3.05, 3.63) is 12.2 Å². The number of hydrogen-bond acceptors (Lipinski definition) is 7. The van der Waals surface area contributed by atoms with E-state index < -0.39 is 17.6 Å². The molecule has 0 aliphatic carbocycles. The molecular weight excluding hydrogens is 494 g/mol. The molecule has 39 heavy (non-hydrogen) atoms. The minimum atomic E-state index is -1.14. The van der Waals surface area contributed by atoms with Crippen LogP contribution in [0.3, 0.4) is 0 Å². The van der Waals surface area contributed by atoms with Gasteiger partial charge in [-0.05, 0) is 78.3 Å². The van der Waals surface area contributed by atoms with Gasteiger partial charge in [0.25, 0.3) is 0 Å². The van der Waals surface area contributed by atoms with Crippen LogP contribution in [0.4, 0.5) is 0 Å². The van der Waals surface area contributed by atoms with E-state index in [-0.39, 0.29) is 60.3 Å². The Hall–Kier alpha value is -0.990. The Kier molecular flexibility index (Phi) is 11.1. The molecule has 7 nitrogen and oxygen atoms in total. The number of ether oxygens (including phenoxy) is 4. The third kappa shape index (κ3) is 7.85. The normalized spacial score (nSPS) is 47.0. The largest absolute Gasteiger partial charge is 0.459 e. The maximum Gasteiger partial charge on any atom is 0.311 e. The van der Waals surface area contributed by atoms with E-state index in [1.165, 1.54) is 0 Å². The number of nitrogens with zero attached hydrogens (tertiary/aromatic N) is 1. The van der Waals surface area contributed by atoms with Gasteiger partial charge in [0.2, 0.25) is 0 Å². The van der Waals surface area contributed by atoms with E-state index in [9.17, 15) is 9.90 Å². The SMILES string of the molecule is C=C1[C@H](C)C[C@H](C)[C@H](O[C@H]2C[C@@H](N(C)C)C[C@@H](C)O2)[C@@H](C)C2CC(O2)[C@@H](C)C(=O)O[C@H](CC)[C@@](C)(O)C[C@H]1C. The molecule has 13 atom stereocenters. The van der Waals surface area contributed by atoms with Crippen molar-refractivity contribution in [2.24, 2.45) is 29.6 Å². The van der Waals surface area contributed by atoms with Gasteiger partial charge in [0.15, 0.2) is 6.29 Å². The van der Waals surface area contributed by atoms with Gasteiger partial charge in [-0.3, -0.25) is 4.79 Å². The predicted molar refractivity (Wildman–Crippen MR) is 154 cm³/mol. The van der Waals surface area contributed by atoms with Gasteiger partial charge in [-0.1, -0.05) is 46.8 Å². The molecule has 0 aromatic heterocycles. The summed E-state index contributed by atoms with van der Waals surface area (Å²) in [4.78, 5) is 15.4. The van der Waals surface area contributed by atoms with E-state index in [0.29, 0.717) is 18.9 Å². The average molecular weight is 552 g/mol. The van der Waals surface area contributed by atoms with E-state index in [4.69, 9.17) is 18.9 Å². The highest BCUT2D eigenvalue weighted by molar-refractivity contribution is 5.73. The first-order valence-corrected chi connectivity index (χ1v) is 15.4. The van der Waals surface area contributed by atoms with Gasteiger partial charge in [0, 0.05) is 24.8 Å². The molecule has 0 radical (unpaired) electrons. The summed E-state index contributed by atoms with van der Waals surface area (Å²) >= 11 is 0. The summed E-state index contributed by atoms with van der Waals surface area (Å²) in [5.41, 5.74) is -0.0268. The zero-order valence-electron chi connectivity index (χ0n) is 26.3. The molecule has 2 bridgehead atoms. The highest BCUT2D eigenvalue weighted by atomic mass is 16.7. The maximum absolute atomic E-state index is 13.1. The van der Waals surface area contributed by atoms with Gasteiger partial charge in [-0.25, -0.2) is 0 Å². The number of hydrogen-bond donors (Lipinski definition) is 1. The van der Waals surface area contributed by atoms with Crippen LogP contribution >= 0.6 is 0 Å². The number of fused-ring (bicyclic) bond motifs is 12. The average Bonchev–Trinajstić information content (AvgIpc) is 2.82. The van der Waals surface area contributed by atoms with Crippen LogP contribution in [-0.2, 0) is 23.7 Å². The third-order valence-corrected chi connectivity index (χ3v) is 9.93.